The Morgan fingerprint density at radius 1 is 1.29 bits per heavy atom. The molecule has 0 aromatic rings. The van der Waals surface area contributed by atoms with Crippen LogP contribution >= 0.6 is 0 Å². The van der Waals surface area contributed by atoms with Crippen molar-refractivity contribution in [2.24, 2.45) is 0 Å². The van der Waals surface area contributed by atoms with Gasteiger partial charge in [0.1, 0.15) is 0 Å². The summed E-state index contributed by atoms with van der Waals surface area (Å²) in [5, 5.41) is 10.8. The number of carbonyl (C=O) groups is 2. The minimum absolute atomic E-state index is 0.0199. The Morgan fingerprint density at radius 2 is 1.88 bits per heavy atom. The van der Waals surface area contributed by atoms with Crippen molar-refractivity contribution in [3.05, 3.63) is 0 Å². The molecule has 8 nitrogen and oxygen atoms in total. The molecule has 0 saturated carbocycles. The van der Waals surface area contributed by atoms with E-state index in [1.165, 1.54) is 0 Å². The lowest BCUT2D eigenvalue weighted by molar-refractivity contribution is -0.137. The number of rotatable bonds is 8. The number of hydrogen-bond donors (Lipinski definition) is 3. The van der Waals surface area contributed by atoms with Crippen LogP contribution in [0.3, 0.4) is 0 Å². The van der Waals surface area contributed by atoms with Gasteiger partial charge in [-0.15, -0.1) is 0 Å². The number of nitrogens with one attached hydrogen (secondary N) is 1. The number of carboxylic acid groups (broad SMARTS) is 1. The molecule has 0 atom stereocenters. The van der Waals surface area contributed by atoms with E-state index < -0.39 is 22.7 Å². The molecular formula is C8H16N2O6S. The van der Waals surface area contributed by atoms with E-state index in [4.69, 9.17) is 9.66 Å². The smallest absolute Gasteiger partial charge is 0.335 e. The Bertz CT molecular complexity index is 366. The predicted octanol–water partition coefficient (Wildman–Crippen LogP) is -0.908. The topological polar surface area (TPSA) is 124 Å². The van der Waals surface area contributed by atoms with Crippen LogP contribution in [0.1, 0.15) is 19.8 Å². The molecule has 0 bridgehead atoms. The molecule has 0 unspecified atom stereocenters. The van der Waals surface area contributed by atoms with Crippen molar-refractivity contribution in [3.63, 3.8) is 0 Å². The van der Waals surface area contributed by atoms with Crippen molar-refractivity contribution in [1.29, 1.82) is 0 Å². The summed E-state index contributed by atoms with van der Waals surface area (Å²) in [5.74, 6) is -1.42. The van der Waals surface area contributed by atoms with Crippen LogP contribution in [0.4, 0.5) is 0 Å². The maximum Gasteiger partial charge on any atom is 0.335 e. The van der Waals surface area contributed by atoms with Gasteiger partial charge in [-0.3, -0.25) is 14.1 Å². The summed E-state index contributed by atoms with van der Waals surface area (Å²) in [6, 6.07) is 0. The molecule has 0 radical (unpaired) electrons. The number of hydrogen-bond acceptors (Lipinski definition) is 4. The van der Waals surface area contributed by atoms with E-state index in [9.17, 15) is 18.0 Å². The number of aliphatic carboxylic acids is 1. The number of nitrogens with zero attached hydrogens (tertiary/aromatic N) is 1. The molecule has 100 valence electrons. The third-order valence-electron chi connectivity index (χ3n) is 1.91. The summed E-state index contributed by atoms with van der Waals surface area (Å²) < 4.78 is 31.1. The van der Waals surface area contributed by atoms with Crippen molar-refractivity contribution in [1.82, 2.24) is 9.62 Å². The molecule has 0 aliphatic rings. The molecule has 0 aromatic carbocycles. The largest absolute Gasteiger partial charge is 0.481 e. The maximum atomic E-state index is 10.9. The first-order valence-corrected chi connectivity index (χ1v) is 6.38. The van der Waals surface area contributed by atoms with Gasteiger partial charge in [0.15, 0.2) is 0 Å². The number of carboxylic acids is 1. The van der Waals surface area contributed by atoms with Crippen molar-refractivity contribution in [2.75, 3.05) is 19.6 Å². The molecule has 0 saturated heterocycles. The molecule has 0 aromatic heterocycles. The van der Waals surface area contributed by atoms with Crippen LogP contribution in [0.2, 0.25) is 0 Å². The van der Waals surface area contributed by atoms with E-state index in [2.05, 4.69) is 5.32 Å². The van der Waals surface area contributed by atoms with E-state index in [-0.39, 0.29) is 32.0 Å². The first kappa shape index (κ1) is 15.8. The molecule has 0 spiro atoms. The predicted molar refractivity (Wildman–Crippen MR) is 58.7 cm³/mol. The van der Waals surface area contributed by atoms with Gasteiger partial charge in [0.2, 0.25) is 5.91 Å². The highest BCUT2D eigenvalue weighted by Gasteiger charge is 2.19. The van der Waals surface area contributed by atoms with Gasteiger partial charge in [0.25, 0.3) is 0 Å². The summed E-state index contributed by atoms with van der Waals surface area (Å²) in [6.07, 6.45) is -0.150. The standard InChI is InChI=1S/C8H16N2O6S/c1-2-7(11)9-4-6-10(17(14,15)16)5-3-8(12)13/h2-6H2,1H3,(H,9,11)(H,12,13)(H,14,15,16). The summed E-state index contributed by atoms with van der Waals surface area (Å²) in [7, 11) is -4.45. The van der Waals surface area contributed by atoms with E-state index in [0.29, 0.717) is 4.31 Å². The van der Waals surface area contributed by atoms with Crippen molar-refractivity contribution < 1.29 is 27.7 Å². The summed E-state index contributed by atoms with van der Waals surface area (Å²) in [6.45, 7) is 1.15. The van der Waals surface area contributed by atoms with Gasteiger partial charge < -0.3 is 10.4 Å². The van der Waals surface area contributed by atoms with E-state index in [1.54, 1.807) is 6.92 Å². The third-order valence-corrected chi connectivity index (χ3v) is 2.92. The van der Waals surface area contributed by atoms with Crippen molar-refractivity contribution in [3.8, 4) is 0 Å². The fourth-order valence-corrected chi connectivity index (χ4v) is 1.65. The minimum atomic E-state index is -4.45. The lowest BCUT2D eigenvalue weighted by atomic mass is 10.4. The average molecular weight is 268 g/mol. The second-order valence-corrected chi connectivity index (χ2v) is 4.64. The highest BCUT2D eigenvalue weighted by Crippen LogP contribution is 1.98. The zero-order valence-corrected chi connectivity index (χ0v) is 10.2. The quantitative estimate of drug-likeness (QED) is 0.490. The first-order chi connectivity index (χ1) is 7.77. The summed E-state index contributed by atoms with van der Waals surface area (Å²) in [5.41, 5.74) is 0. The van der Waals surface area contributed by atoms with Crippen molar-refractivity contribution >= 4 is 22.2 Å². The molecule has 9 heteroatoms. The SMILES string of the molecule is CCC(=O)NCCN(CCC(=O)O)S(=O)(=O)O. The second-order valence-electron chi connectivity index (χ2n) is 3.22. The fourth-order valence-electron chi connectivity index (χ4n) is 1.01. The highest BCUT2D eigenvalue weighted by atomic mass is 32.2. The van der Waals surface area contributed by atoms with Crippen LogP contribution in [-0.4, -0.2) is 53.9 Å². The van der Waals surface area contributed by atoms with Crippen molar-refractivity contribution in [2.45, 2.75) is 19.8 Å². The van der Waals surface area contributed by atoms with Gasteiger partial charge in [-0.05, 0) is 0 Å². The zero-order chi connectivity index (χ0) is 13.5. The molecule has 0 aliphatic carbocycles. The Kier molecular flexibility index (Phi) is 6.69. The lowest BCUT2D eigenvalue weighted by Crippen LogP contribution is -2.39. The van der Waals surface area contributed by atoms with Gasteiger partial charge in [0.05, 0.1) is 6.42 Å². The van der Waals surface area contributed by atoms with E-state index >= 15 is 0 Å². The zero-order valence-electron chi connectivity index (χ0n) is 9.42. The van der Waals surface area contributed by atoms with E-state index in [1.807, 2.05) is 0 Å². The summed E-state index contributed by atoms with van der Waals surface area (Å²) >= 11 is 0. The molecule has 0 fully saturated rings. The second kappa shape index (κ2) is 7.20. The normalized spacial score (nSPS) is 11.5. The van der Waals surface area contributed by atoms with Crippen LogP contribution in [-0.2, 0) is 19.9 Å². The Morgan fingerprint density at radius 3 is 2.29 bits per heavy atom. The molecule has 3 N–H and O–H groups in total. The summed E-state index contributed by atoms with van der Waals surface area (Å²) in [4.78, 5) is 21.2. The van der Waals surface area contributed by atoms with Crippen LogP contribution < -0.4 is 5.32 Å². The fraction of sp³-hybridized carbons (Fsp3) is 0.750. The van der Waals surface area contributed by atoms with Gasteiger partial charge in [-0.1, -0.05) is 6.92 Å². The number of amides is 1. The monoisotopic (exact) mass is 268 g/mol. The molecule has 17 heavy (non-hydrogen) atoms. The van der Waals surface area contributed by atoms with Gasteiger partial charge in [-0.25, -0.2) is 0 Å². The van der Waals surface area contributed by atoms with E-state index in [0.717, 1.165) is 0 Å². The van der Waals surface area contributed by atoms with Crippen LogP contribution in [0.15, 0.2) is 0 Å². The van der Waals surface area contributed by atoms with Gasteiger partial charge in [0, 0.05) is 26.1 Å². The van der Waals surface area contributed by atoms with Crippen LogP contribution in [0.5, 0.6) is 0 Å². The average Bonchev–Trinajstić information content (AvgIpc) is 2.20. The van der Waals surface area contributed by atoms with Gasteiger partial charge in [-0.2, -0.15) is 12.7 Å². The molecular weight excluding hydrogens is 252 g/mol. The molecule has 0 heterocycles. The molecule has 0 aliphatic heterocycles. The van der Waals surface area contributed by atoms with Gasteiger partial charge >= 0.3 is 16.3 Å². The van der Waals surface area contributed by atoms with Crippen LogP contribution in [0, 0.1) is 0 Å². The highest BCUT2D eigenvalue weighted by molar-refractivity contribution is 7.83. The first-order valence-electron chi connectivity index (χ1n) is 4.98. The lowest BCUT2D eigenvalue weighted by Gasteiger charge is -2.17. The Labute approximate surface area is 99.5 Å². The van der Waals surface area contributed by atoms with Crippen LogP contribution in [0.25, 0.3) is 0 Å². The third kappa shape index (κ3) is 7.66. The Hall–Kier alpha value is -1.19. The minimum Gasteiger partial charge on any atom is -0.481 e. The molecule has 0 rings (SSSR count). The maximum absolute atomic E-state index is 10.9. The number of carbonyl (C=O) groups excluding carboxylic acids is 1. The molecule has 1 amide bonds. The Balaban J connectivity index is 4.22.